The monoisotopic (exact) mass is 408 g/mol. The van der Waals surface area contributed by atoms with Gasteiger partial charge in [0.25, 0.3) is 0 Å². The van der Waals surface area contributed by atoms with Crippen LogP contribution in [-0.2, 0) is 9.05 Å². The normalized spacial score (nSPS) is 14.2. The summed E-state index contributed by atoms with van der Waals surface area (Å²) in [6.07, 6.45) is -3.17. The van der Waals surface area contributed by atoms with Gasteiger partial charge in [0.05, 0.1) is 0 Å². The quantitative estimate of drug-likeness (QED) is 0.673. The topological polar surface area (TPSA) is 38.7 Å². The van der Waals surface area contributed by atoms with E-state index in [4.69, 9.17) is 9.05 Å². The van der Waals surface area contributed by atoms with Crippen LogP contribution < -0.4 is 5.30 Å². The molecule has 0 fully saturated rings. The second kappa shape index (κ2) is 6.69. The second-order valence-corrected chi connectivity index (χ2v) is 9.44. The van der Waals surface area contributed by atoms with E-state index >= 15 is 0 Å². The van der Waals surface area contributed by atoms with Crippen LogP contribution in [0.4, 0.5) is 8.78 Å². The standard InChI is InChI=1S/C16H20BrF2O3P/c1-4-21-23(20,16(18)19,22-5-2)15-10-13-8-11(3)6-7-12(13)9-14(15)17/h6-10,16,20H,4-5H2,1-3H3. The molecule has 0 saturated heterocycles. The van der Waals surface area contributed by atoms with E-state index in [1.807, 2.05) is 25.1 Å². The summed E-state index contributed by atoms with van der Waals surface area (Å²) >= 11 is 3.29. The van der Waals surface area contributed by atoms with Crippen molar-refractivity contribution < 1.29 is 22.7 Å². The fourth-order valence-corrected chi connectivity index (χ4v) is 6.55. The van der Waals surface area contributed by atoms with Gasteiger partial charge in [-0.1, -0.05) is 0 Å². The van der Waals surface area contributed by atoms with E-state index in [0.29, 0.717) is 4.47 Å². The van der Waals surface area contributed by atoms with Crippen molar-refractivity contribution in [2.24, 2.45) is 0 Å². The van der Waals surface area contributed by atoms with E-state index in [9.17, 15) is 13.7 Å². The van der Waals surface area contributed by atoms with Crippen LogP contribution in [0.3, 0.4) is 0 Å². The van der Waals surface area contributed by atoms with Gasteiger partial charge in [0, 0.05) is 0 Å². The molecule has 1 N–H and O–H groups in total. The molecule has 0 saturated carbocycles. The first-order valence-corrected chi connectivity index (χ1v) is 10.2. The average Bonchev–Trinajstić information content (AvgIpc) is 2.47. The molecule has 0 unspecified atom stereocenters. The number of benzene rings is 2. The van der Waals surface area contributed by atoms with Crippen LogP contribution in [0, 0.1) is 6.92 Å². The minimum atomic E-state index is -5.31. The van der Waals surface area contributed by atoms with Gasteiger partial charge in [0.15, 0.2) is 0 Å². The van der Waals surface area contributed by atoms with Crippen LogP contribution >= 0.6 is 23.2 Å². The van der Waals surface area contributed by atoms with E-state index in [1.54, 1.807) is 19.9 Å². The number of rotatable bonds is 6. The molecule has 0 spiro atoms. The third-order valence-corrected chi connectivity index (χ3v) is 8.03. The zero-order valence-electron chi connectivity index (χ0n) is 13.2. The third-order valence-electron chi connectivity index (χ3n) is 3.61. The number of aryl methyl sites for hydroxylation is 1. The predicted molar refractivity (Wildman–Crippen MR) is 94.4 cm³/mol. The first kappa shape index (κ1) is 18.7. The second-order valence-electron chi connectivity index (χ2n) is 5.24. The Morgan fingerprint density at radius 2 is 1.70 bits per heavy atom. The zero-order valence-corrected chi connectivity index (χ0v) is 15.7. The summed E-state index contributed by atoms with van der Waals surface area (Å²) in [5.41, 5.74) is 0.994. The summed E-state index contributed by atoms with van der Waals surface area (Å²) in [5, 5.41) is 1.60. The molecular weight excluding hydrogens is 389 g/mol. The Bertz CT molecular complexity index is 718. The van der Waals surface area contributed by atoms with Crippen LogP contribution in [0.5, 0.6) is 0 Å². The Morgan fingerprint density at radius 3 is 2.22 bits per heavy atom. The first-order chi connectivity index (χ1) is 10.8. The van der Waals surface area contributed by atoms with E-state index in [2.05, 4.69) is 15.9 Å². The summed E-state index contributed by atoms with van der Waals surface area (Å²) in [6, 6.07) is 8.93. The van der Waals surface area contributed by atoms with Crippen molar-refractivity contribution in [3.63, 3.8) is 0 Å². The van der Waals surface area contributed by atoms with Gasteiger partial charge in [-0.05, 0) is 0 Å². The van der Waals surface area contributed by atoms with Gasteiger partial charge in [-0.15, -0.1) is 0 Å². The van der Waals surface area contributed by atoms with Crippen molar-refractivity contribution in [1.82, 2.24) is 0 Å². The number of halogens is 3. The van der Waals surface area contributed by atoms with Gasteiger partial charge in [-0.25, -0.2) is 0 Å². The molecule has 0 bridgehead atoms. The van der Waals surface area contributed by atoms with Crippen LogP contribution in [0.2, 0.25) is 0 Å². The molecule has 0 amide bonds. The van der Waals surface area contributed by atoms with Gasteiger partial charge in [0.1, 0.15) is 0 Å². The summed E-state index contributed by atoms with van der Waals surface area (Å²) in [7, 11) is -5.31. The summed E-state index contributed by atoms with van der Waals surface area (Å²) in [5.74, 6) is 0. The Labute approximate surface area is 142 Å². The Hall–Kier alpha value is -0.650. The number of alkyl halides is 2. The summed E-state index contributed by atoms with van der Waals surface area (Å²) in [6.45, 7) is 4.85. The fourth-order valence-electron chi connectivity index (χ4n) is 2.59. The molecule has 23 heavy (non-hydrogen) atoms. The molecule has 2 aromatic carbocycles. The van der Waals surface area contributed by atoms with Crippen molar-refractivity contribution in [3.05, 3.63) is 40.4 Å². The molecular formula is C16H20BrF2O3P. The molecule has 0 radical (unpaired) electrons. The molecule has 0 aliphatic rings. The first-order valence-electron chi connectivity index (χ1n) is 7.31. The van der Waals surface area contributed by atoms with E-state index in [1.165, 1.54) is 6.07 Å². The maximum absolute atomic E-state index is 14.0. The number of hydrogen-bond acceptors (Lipinski definition) is 3. The molecule has 0 aliphatic carbocycles. The van der Waals surface area contributed by atoms with Crippen LogP contribution in [0.15, 0.2) is 34.8 Å². The Morgan fingerprint density at radius 1 is 1.09 bits per heavy atom. The molecule has 0 aromatic heterocycles. The van der Waals surface area contributed by atoms with Crippen LogP contribution in [0.25, 0.3) is 10.8 Å². The van der Waals surface area contributed by atoms with E-state index in [-0.39, 0.29) is 18.5 Å². The van der Waals surface area contributed by atoms with Crippen molar-refractivity contribution in [3.8, 4) is 0 Å². The van der Waals surface area contributed by atoms with Gasteiger partial charge >= 0.3 is 143 Å². The van der Waals surface area contributed by atoms with Gasteiger partial charge in [0.2, 0.25) is 0 Å². The van der Waals surface area contributed by atoms with Crippen LogP contribution in [0.1, 0.15) is 19.4 Å². The fraction of sp³-hybridized carbons (Fsp3) is 0.375. The Balaban J connectivity index is 2.81. The summed E-state index contributed by atoms with van der Waals surface area (Å²) in [4.78, 5) is 11.0. The number of fused-ring (bicyclic) bond motifs is 1. The van der Waals surface area contributed by atoms with E-state index in [0.717, 1.165) is 16.3 Å². The third kappa shape index (κ3) is 3.15. The molecule has 7 heteroatoms. The Kier molecular flexibility index (Phi) is 5.44. The minimum absolute atomic E-state index is 0.0206. The predicted octanol–water partition coefficient (Wildman–Crippen LogP) is 5.12. The summed E-state index contributed by atoms with van der Waals surface area (Å²) < 4.78 is 38.8. The van der Waals surface area contributed by atoms with Gasteiger partial charge in [-0.3, -0.25) is 0 Å². The maximum atomic E-state index is 14.0. The SMILES string of the molecule is CCOP(O)(OCC)(c1cc2cc(C)ccc2cc1Br)C(F)F. The van der Waals surface area contributed by atoms with Crippen molar-refractivity contribution >= 4 is 39.3 Å². The molecule has 0 atom stereocenters. The van der Waals surface area contributed by atoms with E-state index < -0.39 is 13.5 Å². The van der Waals surface area contributed by atoms with Crippen molar-refractivity contribution in [2.45, 2.75) is 26.9 Å². The molecule has 3 nitrogen and oxygen atoms in total. The van der Waals surface area contributed by atoms with Crippen LogP contribution in [-0.4, -0.2) is 24.3 Å². The number of hydrogen-bond donors (Lipinski definition) is 1. The molecule has 128 valence electrons. The molecule has 0 heterocycles. The molecule has 0 aliphatic heterocycles. The molecule has 2 aromatic rings. The average molecular weight is 409 g/mol. The van der Waals surface area contributed by atoms with Gasteiger partial charge in [-0.2, -0.15) is 0 Å². The molecule has 2 rings (SSSR count). The zero-order chi connectivity index (χ0) is 17.3. The van der Waals surface area contributed by atoms with Crippen molar-refractivity contribution in [1.29, 1.82) is 0 Å². The van der Waals surface area contributed by atoms with Gasteiger partial charge < -0.3 is 0 Å². The van der Waals surface area contributed by atoms with Crippen molar-refractivity contribution in [2.75, 3.05) is 13.2 Å².